The first-order valence-electron chi connectivity index (χ1n) is 7.75. The van der Waals surface area contributed by atoms with Crippen LogP contribution in [0.25, 0.3) is 0 Å². The van der Waals surface area contributed by atoms with Crippen molar-refractivity contribution in [2.24, 2.45) is 22.5 Å². The maximum Gasteiger partial charge on any atom is 0.323 e. The highest BCUT2D eigenvalue weighted by atomic mass is 16.5. The van der Waals surface area contributed by atoms with Gasteiger partial charge in [0.15, 0.2) is 0 Å². The van der Waals surface area contributed by atoms with E-state index in [1.54, 1.807) is 6.92 Å². The molecule has 0 aromatic rings. The fourth-order valence-corrected chi connectivity index (χ4v) is 4.15. The van der Waals surface area contributed by atoms with E-state index in [-0.39, 0.29) is 5.41 Å². The minimum Gasteiger partial charge on any atom is -0.480 e. The molecule has 2 saturated carbocycles. The largest absolute Gasteiger partial charge is 0.480 e. The van der Waals surface area contributed by atoms with E-state index in [0.29, 0.717) is 31.0 Å². The summed E-state index contributed by atoms with van der Waals surface area (Å²) in [6.45, 7) is 9.28. The lowest BCUT2D eigenvalue weighted by atomic mass is 9.70. The fourth-order valence-electron chi connectivity index (χ4n) is 4.15. The maximum absolute atomic E-state index is 10.9. The van der Waals surface area contributed by atoms with Crippen LogP contribution in [0.1, 0.15) is 59.8 Å². The number of ether oxygens (including phenoxy) is 1. The molecule has 0 aromatic carbocycles. The Kier molecular flexibility index (Phi) is 3.93. The molecule has 2 fully saturated rings. The average molecular weight is 283 g/mol. The van der Waals surface area contributed by atoms with E-state index in [9.17, 15) is 4.79 Å². The number of carboxylic acid groups (broad SMARTS) is 1. The van der Waals surface area contributed by atoms with Crippen LogP contribution in [0.4, 0.5) is 0 Å². The topological polar surface area (TPSA) is 72.5 Å². The molecule has 2 rings (SSSR count). The van der Waals surface area contributed by atoms with E-state index in [2.05, 4.69) is 20.8 Å². The van der Waals surface area contributed by atoms with Gasteiger partial charge in [0.1, 0.15) is 5.54 Å². The third-order valence-corrected chi connectivity index (χ3v) is 6.36. The number of aliphatic carboxylic acids is 1. The van der Waals surface area contributed by atoms with Gasteiger partial charge in [-0.15, -0.1) is 0 Å². The summed E-state index contributed by atoms with van der Waals surface area (Å²) >= 11 is 0. The summed E-state index contributed by atoms with van der Waals surface area (Å²) in [7, 11) is 0. The molecule has 2 aliphatic rings. The van der Waals surface area contributed by atoms with Gasteiger partial charge in [-0.1, -0.05) is 20.8 Å². The molecule has 4 atom stereocenters. The molecule has 4 heteroatoms. The number of carboxylic acids is 1. The number of hydrogen-bond acceptors (Lipinski definition) is 3. The molecule has 2 aliphatic carbocycles. The van der Waals surface area contributed by atoms with Crippen molar-refractivity contribution in [2.75, 3.05) is 6.61 Å². The molecule has 0 aromatic heterocycles. The second-order valence-corrected chi connectivity index (χ2v) is 7.80. The number of nitrogens with two attached hydrogens (primary N) is 1. The van der Waals surface area contributed by atoms with Crippen molar-refractivity contribution in [3.8, 4) is 0 Å². The van der Waals surface area contributed by atoms with E-state index < -0.39 is 11.5 Å². The van der Waals surface area contributed by atoms with Gasteiger partial charge < -0.3 is 15.6 Å². The zero-order chi connectivity index (χ0) is 15.2. The third-order valence-electron chi connectivity index (χ3n) is 6.36. The molecule has 0 spiro atoms. The monoisotopic (exact) mass is 283 g/mol. The second kappa shape index (κ2) is 4.99. The van der Waals surface area contributed by atoms with Crippen LogP contribution in [-0.2, 0) is 9.53 Å². The zero-order valence-corrected chi connectivity index (χ0v) is 13.2. The SMILES string of the molecule is CC(N)(CCCOC1CC2CCC1(C)C2(C)C)C(=O)O. The van der Waals surface area contributed by atoms with Crippen LogP contribution in [0, 0.1) is 16.7 Å². The van der Waals surface area contributed by atoms with Gasteiger partial charge in [0.05, 0.1) is 6.10 Å². The van der Waals surface area contributed by atoms with Crippen molar-refractivity contribution < 1.29 is 14.6 Å². The normalized spacial score (nSPS) is 37.9. The summed E-state index contributed by atoms with van der Waals surface area (Å²) in [4.78, 5) is 10.9. The van der Waals surface area contributed by atoms with Crippen molar-refractivity contribution in [1.82, 2.24) is 0 Å². The van der Waals surface area contributed by atoms with E-state index in [1.807, 2.05) is 0 Å². The van der Waals surface area contributed by atoms with Gasteiger partial charge in [-0.3, -0.25) is 4.79 Å². The molecule has 2 bridgehead atoms. The van der Waals surface area contributed by atoms with Crippen LogP contribution in [0.5, 0.6) is 0 Å². The Balaban J connectivity index is 1.81. The van der Waals surface area contributed by atoms with Crippen molar-refractivity contribution >= 4 is 5.97 Å². The summed E-state index contributed by atoms with van der Waals surface area (Å²) < 4.78 is 6.10. The lowest BCUT2D eigenvalue weighted by molar-refractivity contribution is -0.143. The average Bonchev–Trinajstić information content (AvgIpc) is 2.67. The Hall–Kier alpha value is -0.610. The molecular weight excluding hydrogens is 254 g/mol. The summed E-state index contributed by atoms with van der Waals surface area (Å²) in [5.74, 6) is -0.165. The molecule has 0 heterocycles. The predicted molar refractivity (Wildman–Crippen MR) is 78.4 cm³/mol. The van der Waals surface area contributed by atoms with Gasteiger partial charge in [-0.05, 0) is 55.8 Å². The lowest BCUT2D eigenvalue weighted by Gasteiger charge is -2.39. The van der Waals surface area contributed by atoms with Crippen LogP contribution in [-0.4, -0.2) is 29.3 Å². The molecule has 4 nitrogen and oxygen atoms in total. The summed E-state index contributed by atoms with van der Waals surface area (Å²) in [6.07, 6.45) is 5.21. The Morgan fingerprint density at radius 3 is 2.55 bits per heavy atom. The van der Waals surface area contributed by atoms with Crippen molar-refractivity contribution in [2.45, 2.75) is 71.4 Å². The number of rotatable bonds is 6. The lowest BCUT2D eigenvalue weighted by Crippen LogP contribution is -2.45. The Labute approximate surface area is 122 Å². The van der Waals surface area contributed by atoms with Crippen LogP contribution in [0.2, 0.25) is 0 Å². The predicted octanol–water partition coefficient (Wildman–Crippen LogP) is 2.80. The Bertz CT molecular complexity index is 391. The highest BCUT2D eigenvalue weighted by Crippen LogP contribution is 2.66. The third kappa shape index (κ3) is 2.37. The molecular formula is C16H29NO3. The highest BCUT2D eigenvalue weighted by molar-refractivity contribution is 5.77. The van der Waals surface area contributed by atoms with Gasteiger partial charge in [-0.2, -0.15) is 0 Å². The van der Waals surface area contributed by atoms with Gasteiger partial charge in [0, 0.05) is 6.61 Å². The molecule has 20 heavy (non-hydrogen) atoms. The van der Waals surface area contributed by atoms with E-state index >= 15 is 0 Å². The van der Waals surface area contributed by atoms with Crippen LogP contribution >= 0.6 is 0 Å². The van der Waals surface area contributed by atoms with Gasteiger partial charge >= 0.3 is 5.97 Å². The fraction of sp³-hybridized carbons (Fsp3) is 0.938. The smallest absolute Gasteiger partial charge is 0.323 e. The second-order valence-electron chi connectivity index (χ2n) is 7.80. The molecule has 0 radical (unpaired) electrons. The Morgan fingerprint density at radius 1 is 1.45 bits per heavy atom. The van der Waals surface area contributed by atoms with Gasteiger partial charge in [0.25, 0.3) is 0 Å². The quantitative estimate of drug-likeness (QED) is 0.735. The summed E-state index contributed by atoms with van der Waals surface area (Å²) in [6, 6.07) is 0. The van der Waals surface area contributed by atoms with Crippen LogP contribution in [0.3, 0.4) is 0 Å². The summed E-state index contributed by atoms with van der Waals surface area (Å²) in [5, 5.41) is 8.98. The van der Waals surface area contributed by atoms with Gasteiger partial charge in [-0.25, -0.2) is 0 Å². The first kappa shape index (κ1) is 15.8. The number of hydrogen-bond donors (Lipinski definition) is 2. The molecule has 0 amide bonds. The first-order chi connectivity index (χ1) is 9.11. The molecule has 0 aliphatic heterocycles. The highest BCUT2D eigenvalue weighted by Gasteiger charge is 2.61. The maximum atomic E-state index is 10.9. The van der Waals surface area contributed by atoms with Gasteiger partial charge in [0.2, 0.25) is 0 Å². The molecule has 116 valence electrons. The molecule has 3 N–H and O–H groups in total. The minimum atomic E-state index is -1.14. The number of carbonyl (C=O) groups is 1. The summed E-state index contributed by atoms with van der Waals surface area (Å²) in [5.41, 5.74) is 5.23. The Morgan fingerprint density at radius 2 is 2.10 bits per heavy atom. The van der Waals surface area contributed by atoms with E-state index in [0.717, 1.165) is 12.3 Å². The number of fused-ring (bicyclic) bond motifs is 2. The van der Waals surface area contributed by atoms with Crippen LogP contribution in [0.15, 0.2) is 0 Å². The van der Waals surface area contributed by atoms with E-state index in [1.165, 1.54) is 12.8 Å². The van der Waals surface area contributed by atoms with Crippen molar-refractivity contribution in [3.05, 3.63) is 0 Å². The van der Waals surface area contributed by atoms with Crippen molar-refractivity contribution in [3.63, 3.8) is 0 Å². The minimum absolute atomic E-state index is 0.274. The van der Waals surface area contributed by atoms with Crippen LogP contribution < -0.4 is 5.73 Å². The van der Waals surface area contributed by atoms with Crippen molar-refractivity contribution in [1.29, 1.82) is 0 Å². The molecule has 0 saturated heterocycles. The van der Waals surface area contributed by atoms with E-state index in [4.69, 9.17) is 15.6 Å². The molecule has 4 unspecified atom stereocenters. The standard InChI is InChI=1S/C16H29NO3/c1-14(2)11-6-8-15(14,3)12(10-11)20-9-5-7-16(4,17)13(18)19/h11-12H,5-10,17H2,1-4H3,(H,18,19). The first-order valence-corrected chi connectivity index (χ1v) is 7.75. The zero-order valence-electron chi connectivity index (χ0n) is 13.2.